The molecule has 0 heterocycles. The summed E-state index contributed by atoms with van der Waals surface area (Å²) in [6.07, 6.45) is 12.2. The SMILES string of the molecule is C#Cc1ccc(C2CCC(CCC)C2)cc1. The van der Waals surface area contributed by atoms with Crippen molar-refractivity contribution in [3.63, 3.8) is 0 Å². The highest BCUT2D eigenvalue weighted by Gasteiger charge is 2.24. The van der Waals surface area contributed by atoms with Gasteiger partial charge in [0.25, 0.3) is 0 Å². The predicted octanol–water partition coefficient (Wildman–Crippen LogP) is 4.35. The molecule has 1 aromatic rings. The van der Waals surface area contributed by atoms with Gasteiger partial charge in [-0.05, 0) is 48.8 Å². The Bertz CT molecular complexity index is 366. The van der Waals surface area contributed by atoms with E-state index in [1.165, 1.54) is 37.7 Å². The fourth-order valence-electron chi connectivity index (χ4n) is 2.90. The van der Waals surface area contributed by atoms with Gasteiger partial charge in [0.05, 0.1) is 0 Å². The Morgan fingerprint density at radius 1 is 1.25 bits per heavy atom. The maximum atomic E-state index is 5.36. The van der Waals surface area contributed by atoms with E-state index < -0.39 is 0 Å². The van der Waals surface area contributed by atoms with Gasteiger partial charge in [-0.3, -0.25) is 0 Å². The van der Waals surface area contributed by atoms with E-state index in [-0.39, 0.29) is 0 Å². The van der Waals surface area contributed by atoms with E-state index in [0.29, 0.717) is 0 Å². The highest BCUT2D eigenvalue weighted by atomic mass is 14.3. The Labute approximate surface area is 99.1 Å². The van der Waals surface area contributed by atoms with Crippen LogP contribution in [0.3, 0.4) is 0 Å². The van der Waals surface area contributed by atoms with Crippen molar-refractivity contribution in [3.05, 3.63) is 35.4 Å². The van der Waals surface area contributed by atoms with E-state index in [2.05, 4.69) is 37.1 Å². The summed E-state index contributed by atoms with van der Waals surface area (Å²) in [5.74, 6) is 4.42. The van der Waals surface area contributed by atoms with Crippen molar-refractivity contribution in [2.45, 2.75) is 44.9 Å². The van der Waals surface area contributed by atoms with Crippen molar-refractivity contribution >= 4 is 0 Å². The Kier molecular flexibility index (Phi) is 3.67. The van der Waals surface area contributed by atoms with Gasteiger partial charge in [-0.1, -0.05) is 37.8 Å². The molecule has 0 nitrogen and oxygen atoms in total. The number of rotatable bonds is 3. The van der Waals surface area contributed by atoms with Crippen molar-refractivity contribution in [1.82, 2.24) is 0 Å². The summed E-state index contributed by atoms with van der Waals surface area (Å²) in [6.45, 7) is 2.29. The van der Waals surface area contributed by atoms with Crippen molar-refractivity contribution in [2.24, 2.45) is 5.92 Å². The minimum Gasteiger partial charge on any atom is -0.115 e. The van der Waals surface area contributed by atoms with Gasteiger partial charge in [0.1, 0.15) is 0 Å². The molecule has 1 aliphatic rings. The first-order chi connectivity index (χ1) is 7.83. The Morgan fingerprint density at radius 2 is 2.00 bits per heavy atom. The lowest BCUT2D eigenvalue weighted by atomic mass is 9.94. The highest BCUT2D eigenvalue weighted by molar-refractivity contribution is 5.35. The molecule has 84 valence electrons. The molecule has 2 unspecified atom stereocenters. The third kappa shape index (κ3) is 2.47. The lowest BCUT2D eigenvalue weighted by Gasteiger charge is -2.11. The smallest absolute Gasteiger partial charge is 0.0242 e. The Hall–Kier alpha value is -1.22. The number of benzene rings is 1. The zero-order chi connectivity index (χ0) is 11.4. The van der Waals surface area contributed by atoms with Crippen molar-refractivity contribution in [2.75, 3.05) is 0 Å². The standard InChI is InChI=1S/C16H20/c1-3-5-14-8-11-16(12-14)15-9-6-13(4-2)7-10-15/h2,6-7,9-10,14,16H,3,5,8,11-12H2,1H3. The topological polar surface area (TPSA) is 0 Å². The van der Waals surface area contributed by atoms with Gasteiger partial charge >= 0.3 is 0 Å². The van der Waals surface area contributed by atoms with Gasteiger partial charge in [-0.25, -0.2) is 0 Å². The molecule has 0 aliphatic heterocycles. The molecule has 0 spiro atoms. The molecule has 1 fully saturated rings. The molecule has 0 saturated heterocycles. The van der Waals surface area contributed by atoms with E-state index >= 15 is 0 Å². The number of hydrogen-bond donors (Lipinski definition) is 0. The van der Waals surface area contributed by atoms with E-state index in [9.17, 15) is 0 Å². The summed E-state index contributed by atoms with van der Waals surface area (Å²) < 4.78 is 0. The van der Waals surface area contributed by atoms with Crippen molar-refractivity contribution in [3.8, 4) is 12.3 Å². The first-order valence-corrected chi connectivity index (χ1v) is 6.40. The molecule has 1 saturated carbocycles. The molecule has 0 N–H and O–H groups in total. The van der Waals surface area contributed by atoms with E-state index in [1.54, 1.807) is 0 Å². The summed E-state index contributed by atoms with van der Waals surface area (Å²) in [7, 11) is 0. The minimum absolute atomic E-state index is 0.781. The van der Waals surface area contributed by atoms with Crippen LogP contribution in [-0.2, 0) is 0 Å². The maximum Gasteiger partial charge on any atom is 0.0242 e. The minimum atomic E-state index is 0.781. The van der Waals surface area contributed by atoms with Crippen molar-refractivity contribution in [1.29, 1.82) is 0 Å². The molecule has 0 radical (unpaired) electrons. The lowest BCUT2D eigenvalue weighted by molar-refractivity contribution is 0.489. The quantitative estimate of drug-likeness (QED) is 0.653. The first kappa shape index (κ1) is 11.3. The molecule has 1 aliphatic carbocycles. The molecule has 1 aromatic carbocycles. The average molecular weight is 212 g/mol. The van der Waals surface area contributed by atoms with Crippen LogP contribution < -0.4 is 0 Å². The molecular formula is C16H20. The molecule has 0 amide bonds. The zero-order valence-electron chi connectivity index (χ0n) is 10.1. The van der Waals surface area contributed by atoms with Crippen LogP contribution in [0, 0.1) is 18.3 Å². The van der Waals surface area contributed by atoms with Gasteiger partial charge in [-0.15, -0.1) is 6.42 Å². The van der Waals surface area contributed by atoms with Crippen LogP contribution in [0.2, 0.25) is 0 Å². The first-order valence-electron chi connectivity index (χ1n) is 6.40. The van der Waals surface area contributed by atoms with Crippen LogP contribution >= 0.6 is 0 Å². The number of hydrogen-bond acceptors (Lipinski definition) is 0. The molecule has 2 atom stereocenters. The van der Waals surface area contributed by atoms with Crippen LogP contribution in [0.4, 0.5) is 0 Å². The molecule has 0 aromatic heterocycles. The van der Waals surface area contributed by atoms with Crippen molar-refractivity contribution < 1.29 is 0 Å². The lowest BCUT2D eigenvalue weighted by Crippen LogP contribution is -1.95. The zero-order valence-corrected chi connectivity index (χ0v) is 10.1. The summed E-state index contributed by atoms with van der Waals surface area (Å²) in [4.78, 5) is 0. The van der Waals surface area contributed by atoms with Crippen LogP contribution in [-0.4, -0.2) is 0 Å². The van der Waals surface area contributed by atoms with E-state index in [1.807, 2.05) is 0 Å². The summed E-state index contributed by atoms with van der Waals surface area (Å²) in [5, 5.41) is 0. The molecule has 0 heteroatoms. The second-order valence-electron chi connectivity index (χ2n) is 4.93. The van der Waals surface area contributed by atoms with Gasteiger partial charge in [-0.2, -0.15) is 0 Å². The molecular weight excluding hydrogens is 192 g/mol. The van der Waals surface area contributed by atoms with Crippen LogP contribution in [0.1, 0.15) is 56.1 Å². The fourth-order valence-corrected chi connectivity index (χ4v) is 2.90. The molecule has 0 bridgehead atoms. The highest BCUT2D eigenvalue weighted by Crippen LogP contribution is 2.40. The number of terminal acetylenes is 1. The van der Waals surface area contributed by atoms with E-state index in [4.69, 9.17) is 6.42 Å². The normalized spacial score (nSPS) is 24.2. The molecule has 16 heavy (non-hydrogen) atoms. The molecule has 2 rings (SSSR count). The maximum absolute atomic E-state index is 5.36. The third-order valence-electron chi connectivity index (χ3n) is 3.79. The second-order valence-corrected chi connectivity index (χ2v) is 4.93. The van der Waals surface area contributed by atoms with Crippen LogP contribution in [0.15, 0.2) is 24.3 Å². The van der Waals surface area contributed by atoms with Crippen LogP contribution in [0.5, 0.6) is 0 Å². The van der Waals surface area contributed by atoms with Crippen LogP contribution in [0.25, 0.3) is 0 Å². The monoisotopic (exact) mass is 212 g/mol. The predicted molar refractivity (Wildman–Crippen MR) is 69.4 cm³/mol. The summed E-state index contributed by atoms with van der Waals surface area (Å²) in [5.41, 5.74) is 2.48. The summed E-state index contributed by atoms with van der Waals surface area (Å²) >= 11 is 0. The van der Waals surface area contributed by atoms with E-state index in [0.717, 1.165) is 17.4 Å². The Morgan fingerprint density at radius 3 is 2.62 bits per heavy atom. The fraction of sp³-hybridized carbons (Fsp3) is 0.500. The van der Waals surface area contributed by atoms with Gasteiger partial charge in [0.2, 0.25) is 0 Å². The third-order valence-corrected chi connectivity index (χ3v) is 3.79. The van der Waals surface area contributed by atoms with Gasteiger partial charge < -0.3 is 0 Å². The van der Waals surface area contributed by atoms with Gasteiger partial charge in [0.15, 0.2) is 0 Å². The average Bonchev–Trinajstić information content (AvgIpc) is 2.78. The summed E-state index contributed by atoms with van der Waals surface area (Å²) in [6, 6.07) is 8.58. The second kappa shape index (κ2) is 5.21. The van der Waals surface area contributed by atoms with Gasteiger partial charge in [0, 0.05) is 5.56 Å². The largest absolute Gasteiger partial charge is 0.115 e. The Balaban J connectivity index is 2.00.